The van der Waals surface area contributed by atoms with Crippen molar-refractivity contribution in [1.82, 2.24) is 10.6 Å². The number of nitrogens with zero attached hydrogens (tertiary/aromatic N) is 3. The average molecular weight is 982 g/mol. The van der Waals surface area contributed by atoms with E-state index in [1.807, 2.05) is 80.3 Å². The number of fused-ring (bicyclic) bond motifs is 5. The molecule has 2 unspecified atom stereocenters. The van der Waals surface area contributed by atoms with Gasteiger partial charge in [0.15, 0.2) is 23.0 Å². The van der Waals surface area contributed by atoms with Gasteiger partial charge in [-0.05, 0) is 97.0 Å². The highest BCUT2D eigenvalue weighted by Gasteiger charge is 2.38. The Bertz CT molecular complexity index is 2880. The molecule has 4 N–H and O–H groups in total. The Labute approximate surface area is 418 Å². The van der Waals surface area contributed by atoms with E-state index in [1.54, 1.807) is 55.5 Å². The highest BCUT2D eigenvalue weighted by molar-refractivity contribution is 7.81. The zero-order valence-electron chi connectivity index (χ0n) is 40.7. The molecule has 3 aliphatic heterocycles. The van der Waals surface area contributed by atoms with Gasteiger partial charge in [-0.25, -0.2) is 0 Å². The minimum absolute atomic E-state index is 0.0217. The van der Waals surface area contributed by atoms with Crippen LogP contribution in [-0.4, -0.2) is 86.4 Å². The highest BCUT2D eigenvalue weighted by atomic mass is 32.1. The molecule has 0 saturated carbocycles. The molecule has 0 bridgehead atoms. The third kappa shape index (κ3) is 11.7. The van der Waals surface area contributed by atoms with Gasteiger partial charge >= 0.3 is 0 Å². The zero-order chi connectivity index (χ0) is 50.4. The van der Waals surface area contributed by atoms with Gasteiger partial charge in [0.2, 0.25) is 24.1 Å². The Balaban J connectivity index is 1.01. The Hall–Kier alpha value is -7.53. The molecule has 0 fully saturated rings. The molecule has 0 saturated heterocycles. The highest BCUT2D eigenvalue weighted by Crippen LogP contribution is 2.41. The van der Waals surface area contributed by atoms with E-state index in [1.165, 1.54) is 7.11 Å². The van der Waals surface area contributed by atoms with Gasteiger partial charge in [-0.15, -0.1) is 0 Å². The Kier molecular flexibility index (Phi) is 15.2. The number of hydrogen-bond acceptors (Lipinski definition) is 12. The van der Waals surface area contributed by atoms with Crippen molar-refractivity contribution in [3.05, 3.63) is 124 Å². The first-order valence-corrected chi connectivity index (χ1v) is 24.0. The van der Waals surface area contributed by atoms with Crippen LogP contribution in [0.15, 0.2) is 96.0 Å². The number of rotatable bonds is 19. The Morgan fingerprint density at radius 1 is 0.859 bits per heavy atom. The number of amides is 5. The molecule has 5 amide bonds. The fourth-order valence-corrected chi connectivity index (χ4v) is 9.07. The molecular weight excluding hydrogens is 923 g/mol. The molecule has 17 heteroatoms. The van der Waals surface area contributed by atoms with Crippen LogP contribution in [0.4, 0.5) is 28.4 Å². The van der Waals surface area contributed by atoms with E-state index in [9.17, 15) is 24.0 Å². The van der Waals surface area contributed by atoms with Crippen LogP contribution in [0.2, 0.25) is 0 Å². The van der Waals surface area contributed by atoms with E-state index in [0.29, 0.717) is 76.1 Å². The summed E-state index contributed by atoms with van der Waals surface area (Å²) >= 11 is 4.45. The molecule has 5 aromatic rings. The summed E-state index contributed by atoms with van der Waals surface area (Å²) < 4.78 is 24.0. The number of methoxy groups -OCH3 is 2. The third-order valence-electron chi connectivity index (χ3n) is 12.7. The van der Waals surface area contributed by atoms with Gasteiger partial charge in [0.25, 0.3) is 5.91 Å². The van der Waals surface area contributed by atoms with Crippen molar-refractivity contribution in [2.24, 2.45) is 4.99 Å². The monoisotopic (exact) mass is 981 g/mol. The van der Waals surface area contributed by atoms with Crippen LogP contribution in [0, 0.1) is 6.92 Å². The summed E-state index contributed by atoms with van der Waals surface area (Å²) in [5.41, 5.74) is 8.22. The van der Waals surface area contributed by atoms with Gasteiger partial charge in [-0.3, -0.25) is 29.0 Å². The van der Waals surface area contributed by atoms with E-state index < -0.39 is 17.9 Å². The molecule has 0 radical (unpaired) electrons. The maximum absolute atomic E-state index is 14.1. The van der Waals surface area contributed by atoms with Crippen molar-refractivity contribution in [3.63, 3.8) is 0 Å². The van der Waals surface area contributed by atoms with Gasteiger partial charge in [0, 0.05) is 59.5 Å². The molecule has 0 aromatic heterocycles. The van der Waals surface area contributed by atoms with E-state index in [-0.39, 0.29) is 54.8 Å². The fourth-order valence-electron chi connectivity index (χ4n) is 8.96. The zero-order valence-corrected chi connectivity index (χ0v) is 41.6. The lowest BCUT2D eigenvalue weighted by molar-refractivity contribution is -0.128. The standard InChI is InChI=1S/C54H59N7O9S/c1-32-17-46(67-5)48(24-42(32)55-26-39-21-36-11-7-9-13-44(36)60(39)31-62)69-29-34-18-35(20-38(19-34)59-52(65)33(2)58-51(64)28-57-50(63)15-16-54(3,4)71)30-70-49-25-43-41(23-47(49)68-6)53(66)61-40(27-56-43)22-37-12-8-10-14-45(37)61/h7-14,17-20,23-26,31,33,39-40,56,71H,15-16,21-22,27-30H2,1-6H3,(H,57,63)(H,58,64)(H,59,65)/t33?,39-,40?/m0/s1. The number of carbonyl (C=O) groups is 5. The number of carbonyl (C=O) groups excluding carboxylic acids is 5. The first-order valence-electron chi connectivity index (χ1n) is 23.5. The van der Waals surface area contributed by atoms with Gasteiger partial charge in [-0.2, -0.15) is 12.6 Å². The summed E-state index contributed by atoms with van der Waals surface area (Å²) in [6, 6.07) is 26.9. The van der Waals surface area contributed by atoms with Crippen molar-refractivity contribution >= 4 is 77.3 Å². The summed E-state index contributed by atoms with van der Waals surface area (Å²) in [6.45, 7) is 7.58. The average Bonchev–Trinajstić information content (AvgIpc) is 3.88. The van der Waals surface area contributed by atoms with Gasteiger partial charge in [0.05, 0.1) is 49.8 Å². The van der Waals surface area contributed by atoms with E-state index >= 15 is 0 Å². The topological polar surface area (TPSA) is 189 Å². The summed E-state index contributed by atoms with van der Waals surface area (Å²) in [5.74, 6) is 0.215. The number of thiol groups is 1. The van der Waals surface area contributed by atoms with Crippen LogP contribution < -0.4 is 50.0 Å². The maximum atomic E-state index is 14.1. The number of anilines is 4. The molecule has 370 valence electrons. The largest absolute Gasteiger partial charge is 0.493 e. The lowest BCUT2D eigenvalue weighted by Crippen LogP contribution is -2.46. The van der Waals surface area contributed by atoms with Gasteiger partial charge < -0.3 is 50.0 Å². The van der Waals surface area contributed by atoms with E-state index in [4.69, 9.17) is 23.9 Å². The molecule has 3 aliphatic rings. The number of hydrogen-bond donors (Lipinski definition) is 5. The maximum Gasteiger partial charge on any atom is 0.260 e. The molecule has 3 heterocycles. The van der Waals surface area contributed by atoms with Crippen molar-refractivity contribution in [2.75, 3.05) is 47.7 Å². The molecule has 0 spiro atoms. The first-order chi connectivity index (χ1) is 34.1. The summed E-state index contributed by atoms with van der Waals surface area (Å²) in [5, 5.41) is 11.6. The second kappa shape index (κ2) is 21.6. The van der Waals surface area contributed by atoms with Crippen molar-refractivity contribution < 1.29 is 42.9 Å². The van der Waals surface area contributed by atoms with E-state index in [2.05, 4.69) is 40.0 Å². The smallest absolute Gasteiger partial charge is 0.260 e. The van der Waals surface area contributed by atoms with Crippen LogP contribution in [-0.2, 0) is 45.2 Å². The Morgan fingerprint density at radius 2 is 1.51 bits per heavy atom. The summed E-state index contributed by atoms with van der Waals surface area (Å²) in [7, 11) is 3.07. The van der Waals surface area contributed by atoms with Gasteiger partial charge in [0.1, 0.15) is 19.3 Å². The molecule has 3 atom stereocenters. The predicted octanol–water partition coefficient (Wildman–Crippen LogP) is 7.51. The van der Waals surface area contributed by atoms with Gasteiger partial charge in [-0.1, -0.05) is 50.2 Å². The van der Waals surface area contributed by atoms with Crippen molar-refractivity contribution in [2.45, 2.75) is 89.5 Å². The number of nitrogens with one attached hydrogen (secondary N) is 4. The second-order valence-electron chi connectivity index (χ2n) is 18.6. The number of ether oxygens (including phenoxy) is 4. The molecular formula is C54H59N7O9S. The summed E-state index contributed by atoms with van der Waals surface area (Å²) in [4.78, 5) is 73.3. The quantitative estimate of drug-likeness (QED) is 0.0315. The second-order valence-corrected chi connectivity index (χ2v) is 19.8. The minimum Gasteiger partial charge on any atom is -0.493 e. The lowest BCUT2D eigenvalue weighted by atomic mass is 10.1. The van der Waals surface area contributed by atoms with Crippen LogP contribution in [0.25, 0.3) is 0 Å². The number of para-hydroxylation sites is 2. The van der Waals surface area contributed by atoms with Crippen molar-refractivity contribution in [1.29, 1.82) is 0 Å². The van der Waals surface area contributed by atoms with Crippen LogP contribution in [0.1, 0.15) is 71.8 Å². The first kappa shape index (κ1) is 49.9. The number of aliphatic imine (C=N–C) groups is 1. The normalized spacial score (nSPS) is 16.1. The predicted molar refractivity (Wildman–Crippen MR) is 277 cm³/mol. The third-order valence-corrected chi connectivity index (χ3v) is 12.9. The lowest BCUT2D eigenvalue weighted by Gasteiger charge is -2.22. The molecule has 8 rings (SSSR count). The van der Waals surface area contributed by atoms with Crippen LogP contribution >= 0.6 is 12.6 Å². The molecule has 0 aliphatic carbocycles. The SMILES string of the molecule is COc1cc(C)c(N=C[C@@H]2Cc3ccccc3N2C=O)cc1OCc1cc(COc2cc3c(cc2OC)C(=O)N2c4ccccc4CC2CN3)cc(NC(=O)C(C)NC(=O)CNC(=O)CCC(C)(C)S)c1. The number of aryl methyl sites for hydroxylation is 1. The van der Waals surface area contributed by atoms with Crippen LogP contribution in [0.5, 0.6) is 23.0 Å². The Morgan fingerprint density at radius 3 is 2.18 bits per heavy atom. The van der Waals surface area contributed by atoms with Crippen LogP contribution in [0.3, 0.4) is 0 Å². The molecule has 5 aromatic carbocycles. The van der Waals surface area contributed by atoms with Crippen molar-refractivity contribution in [3.8, 4) is 23.0 Å². The molecule has 71 heavy (non-hydrogen) atoms. The summed E-state index contributed by atoms with van der Waals surface area (Å²) in [6.07, 6.45) is 4.71. The van der Waals surface area contributed by atoms with E-state index in [0.717, 1.165) is 40.9 Å². The number of benzene rings is 5. The fraction of sp³-hybridized carbons (Fsp3) is 0.333. The minimum atomic E-state index is -0.966. The molecule has 16 nitrogen and oxygen atoms in total.